The number of thiazole rings is 1. The molecular weight excluding hydrogens is 382 g/mol. The molecule has 0 aliphatic carbocycles. The number of amides is 1. The first kappa shape index (κ1) is 21.4. The molecule has 0 aliphatic heterocycles. The van der Waals surface area contributed by atoms with Crippen LogP contribution < -0.4 is 9.62 Å². The van der Waals surface area contributed by atoms with Crippen molar-refractivity contribution in [3.05, 3.63) is 46.5 Å². The van der Waals surface area contributed by atoms with Crippen molar-refractivity contribution >= 4 is 32.4 Å². The number of aromatic nitrogens is 1. The van der Waals surface area contributed by atoms with Crippen molar-refractivity contribution in [2.24, 2.45) is 5.41 Å². The van der Waals surface area contributed by atoms with Crippen LogP contribution in [0.3, 0.4) is 0 Å². The number of aryl methyl sites for hydroxylation is 1. The molecule has 148 valence electrons. The molecule has 0 spiro atoms. The number of carbonyl (C=O) groups excluding carboxylic acids is 1. The van der Waals surface area contributed by atoms with Crippen molar-refractivity contribution in [2.75, 3.05) is 17.7 Å². The van der Waals surface area contributed by atoms with E-state index in [-0.39, 0.29) is 11.1 Å². The number of nitrogens with zero attached hydrogens (tertiary/aromatic N) is 2. The van der Waals surface area contributed by atoms with Gasteiger partial charge in [0.15, 0.2) is 5.13 Å². The summed E-state index contributed by atoms with van der Waals surface area (Å²) in [6, 6.07) is 10.1. The second kappa shape index (κ2) is 8.39. The van der Waals surface area contributed by atoms with E-state index in [1.807, 2.05) is 22.9 Å². The molecule has 0 radical (unpaired) electrons. The number of hydrogen-bond acceptors (Lipinski definition) is 6. The van der Waals surface area contributed by atoms with Gasteiger partial charge in [-0.2, -0.15) is 0 Å². The maximum atomic E-state index is 12.2. The molecule has 1 N–H and O–H groups in total. The van der Waals surface area contributed by atoms with E-state index >= 15 is 0 Å². The summed E-state index contributed by atoms with van der Waals surface area (Å²) in [5, 5.41) is 0.722. The summed E-state index contributed by atoms with van der Waals surface area (Å²) in [6.45, 7) is 9.81. The van der Waals surface area contributed by atoms with Crippen molar-refractivity contribution < 1.29 is 13.2 Å². The van der Waals surface area contributed by atoms with Crippen LogP contribution in [0.2, 0.25) is 0 Å². The molecule has 1 aromatic carbocycles. The summed E-state index contributed by atoms with van der Waals surface area (Å²) in [5.41, 5.74) is 1.48. The molecule has 6 nitrogen and oxygen atoms in total. The lowest BCUT2D eigenvalue weighted by atomic mass is 9.92. The van der Waals surface area contributed by atoms with E-state index in [2.05, 4.69) is 42.8 Å². The highest BCUT2D eigenvalue weighted by atomic mass is 32.2. The monoisotopic (exact) mass is 409 g/mol. The quantitative estimate of drug-likeness (QED) is 0.756. The first-order chi connectivity index (χ1) is 12.4. The van der Waals surface area contributed by atoms with E-state index in [1.165, 1.54) is 11.3 Å². The van der Waals surface area contributed by atoms with Crippen molar-refractivity contribution in [3.63, 3.8) is 0 Å². The van der Waals surface area contributed by atoms with Crippen molar-refractivity contribution in [3.8, 4) is 0 Å². The predicted molar refractivity (Wildman–Crippen MR) is 111 cm³/mol. The average molecular weight is 410 g/mol. The minimum absolute atomic E-state index is 0.161. The number of hydrogen-bond donors (Lipinski definition) is 1. The maximum absolute atomic E-state index is 12.2. The highest BCUT2D eigenvalue weighted by molar-refractivity contribution is 7.89. The van der Waals surface area contributed by atoms with E-state index in [1.54, 1.807) is 6.92 Å². The van der Waals surface area contributed by atoms with Gasteiger partial charge in [-0.15, -0.1) is 11.3 Å². The molecule has 0 bridgehead atoms. The van der Waals surface area contributed by atoms with Crippen LogP contribution in [0.1, 0.15) is 48.1 Å². The third-order valence-corrected chi connectivity index (χ3v) is 5.48. The van der Waals surface area contributed by atoms with E-state index in [0.717, 1.165) is 29.9 Å². The minimum Gasteiger partial charge on any atom is -0.344 e. The van der Waals surface area contributed by atoms with E-state index in [0.29, 0.717) is 11.4 Å². The molecule has 2 rings (SSSR count). The smallest absolute Gasteiger partial charge is 0.284 e. The standard InChI is InChI=1S/C19H27N3O3S2/c1-14-16(17(23)21-27(5,24)25)20-18(26-14)22(12-11-19(2,3)4)13-15-9-7-6-8-10-15/h6-10H,11-13H2,1-5H3,(H,21,23). The van der Waals surface area contributed by atoms with Crippen molar-refractivity contribution in [1.82, 2.24) is 9.71 Å². The molecule has 0 saturated heterocycles. The Morgan fingerprint density at radius 1 is 1.22 bits per heavy atom. The Balaban J connectivity index is 2.29. The van der Waals surface area contributed by atoms with Crippen LogP contribution in [-0.2, 0) is 16.6 Å². The van der Waals surface area contributed by atoms with Gasteiger partial charge in [-0.25, -0.2) is 18.1 Å². The number of rotatable bonds is 7. The highest BCUT2D eigenvalue weighted by Gasteiger charge is 2.22. The van der Waals surface area contributed by atoms with Gasteiger partial charge in [-0.05, 0) is 24.3 Å². The molecule has 1 aromatic heterocycles. The van der Waals surface area contributed by atoms with Gasteiger partial charge in [0.05, 0.1) is 6.26 Å². The molecular formula is C19H27N3O3S2. The predicted octanol–water partition coefficient (Wildman–Crippen LogP) is 3.58. The summed E-state index contributed by atoms with van der Waals surface area (Å²) >= 11 is 1.41. The molecule has 0 saturated carbocycles. The van der Waals surface area contributed by atoms with Crippen LogP contribution >= 0.6 is 11.3 Å². The van der Waals surface area contributed by atoms with Gasteiger partial charge in [0.2, 0.25) is 10.0 Å². The fraction of sp³-hybridized carbons (Fsp3) is 0.474. The number of benzene rings is 1. The van der Waals surface area contributed by atoms with Crippen LogP contribution in [0.25, 0.3) is 0 Å². The molecule has 2 aromatic rings. The number of carbonyl (C=O) groups is 1. The second-order valence-corrected chi connectivity index (χ2v) is 10.8. The Hall–Kier alpha value is -1.93. The third-order valence-electron chi connectivity index (χ3n) is 3.90. The molecule has 27 heavy (non-hydrogen) atoms. The summed E-state index contributed by atoms with van der Waals surface area (Å²) in [4.78, 5) is 19.5. The van der Waals surface area contributed by atoms with Gasteiger partial charge in [0, 0.05) is 18.0 Å². The molecule has 1 heterocycles. The Kier molecular flexibility index (Phi) is 6.64. The van der Waals surface area contributed by atoms with E-state index < -0.39 is 15.9 Å². The average Bonchev–Trinajstić information content (AvgIpc) is 2.92. The normalized spacial score (nSPS) is 12.0. The molecule has 8 heteroatoms. The summed E-state index contributed by atoms with van der Waals surface area (Å²) in [5.74, 6) is -0.687. The van der Waals surface area contributed by atoms with Crippen LogP contribution in [0.5, 0.6) is 0 Å². The van der Waals surface area contributed by atoms with Crippen molar-refractivity contribution in [1.29, 1.82) is 0 Å². The van der Waals surface area contributed by atoms with Crippen molar-refractivity contribution in [2.45, 2.75) is 40.7 Å². The van der Waals surface area contributed by atoms with Gasteiger partial charge in [-0.1, -0.05) is 51.1 Å². The molecule has 0 aliphatic rings. The Bertz CT molecular complexity index is 885. The Labute approximate surface area is 165 Å². The summed E-state index contributed by atoms with van der Waals surface area (Å²) in [6.07, 6.45) is 1.92. The Morgan fingerprint density at radius 2 is 1.85 bits per heavy atom. The number of sulfonamides is 1. The highest BCUT2D eigenvalue weighted by Crippen LogP contribution is 2.29. The third kappa shape index (κ3) is 6.95. The van der Waals surface area contributed by atoms with Gasteiger partial charge in [0.25, 0.3) is 5.91 Å². The maximum Gasteiger partial charge on any atom is 0.284 e. The topological polar surface area (TPSA) is 79.4 Å². The lowest BCUT2D eigenvalue weighted by molar-refractivity contribution is 0.0977. The fourth-order valence-corrected chi connectivity index (χ4v) is 3.83. The first-order valence-electron chi connectivity index (χ1n) is 8.73. The van der Waals surface area contributed by atoms with Crippen LogP contribution in [0.15, 0.2) is 30.3 Å². The zero-order valence-corrected chi connectivity index (χ0v) is 18.1. The van der Waals surface area contributed by atoms with Crippen LogP contribution in [-0.4, -0.2) is 32.1 Å². The SMILES string of the molecule is Cc1sc(N(CCC(C)(C)C)Cc2ccccc2)nc1C(=O)NS(C)(=O)=O. The number of nitrogens with one attached hydrogen (secondary N) is 1. The minimum atomic E-state index is -3.63. The Morgan fingerprint density at radius 3 is 2.41 bits per heavy atom. The van der Waals surface area contributed by atoms with Gasteiger partial charge < -0.3 is 4.90 Å². The summed E-state index contributed by atoms with van der Waals surface area (Å²) < 4.78 is 24.7. The van der Waals surface area contributed by atoms with E-state index in [9.17, 15) is 13.2 Å². The largest absolute Gasteiger partial charge is 0.344 e. The number of anilines is 1. The van der Waals surface area contributed by atoms with Gasteiger partial charge >= 0.3 is 0 Å². The molecule has 0 fully saturated rings. The fourth-order valence-electron chi connectivity index (χ4n) is 2.46. The van der Waals surface area contributed by atoms with Gasteiger partial charge in [0.1, 0.15) is 5.69 Å². The molecule has 1 amide bonds. The van der Waals surface area contributed by atoms with Crippen LogP contribution in [0.4, 0.5) is 5.13 Å². The lowest BCUT2D eigenvalue weighted by Gasteiger charge is -2.26. The molecule has 0 unspecified atom stereocenters. The van der Waals surface area contributed by atoms with Gasteiger partial charge in [-0.3, -0.25) is 4.79 Å². The zero-order chi connectivity index (χ0) is 20.2. The van der Waals surface area contributed by atoms with E-state index in [4.69, 9.17) is 0 Å². The molecule has 0 atom stereocenters. The van der Waals surface area contributed by atoms with Crippen LogP contribution in [0, 0.1) is 12.3 Å². The first-order valence-corrected chi connectivity index (χ1v) is 11.4. The summed E-state index contributed by atoms with van der Waals surface area (Å²) in [7, 11) is -3.63. The lowest BCUT2D eigenvalue weighted by Crippen LogP contribution is -2.30. The second-order valence-electron chi connectivity index (χ2n) is 7.82. The zero-order valence-electron chi connectivity index (χ0n) is 16.4.